The Bertz CT molecular complexity index is 1280. The summed E-state index contributed by atoms with van der Waals surface area (Å²) < 4.78 is 18.1. The Hall–Kier alpha value is -4.47. The van der Waals surface area contributed by atoms with Crippen LogP contribution < -0.4 is 30.6 Å². The first-order chi connectivity index (χ1) is 16.9. The lowest BCUT2D eigenvalue weighted by atomic mass is 9.99. The SMILES string of the molecule is C.C.C.C=CC(=O)Nc1ccccc1C1CCNc2c(C(N)=O)c(-c3cc(OC)c(OC)c(OC)c3)nn21. The molecule has 10 nitrogen and oxygen atoms in total. The molecule has 10 heteroatoms. The van der Waals surface area contributed by atoms with E-state index in [1.54, 1.807) is 16.8 Å². The number of hydrogen-bond acceptors (Lipinski definition) is 7. The van der Waals surface area contributed by atoms with Crippen molar-refractivity contribution >= 4 is 23.3 Å². The number of hydrogen-bond donors (Lipinski definition) is 3. The molecule has 3 aromatic rings. The molecule has 0 spiro atoms. The molecule has 4 N–H and O–H groups in total. The summed E-state index contributed by atoms with van der Waals surface area (Å²) in [4.78, 5) is 24.6. The van der Waals surface area contributed by atoms with E-state index in [0.29, 0.717) is 53.0 Å². The van der Waals surface area contributed by atoms with E-state index in [-0.39, 0.29) is 39.8 Å². The van der Waals surface area contributed by atoms with Crippen LogP contribution in [0.1, 0.15) is 50.7 Å². The van der Waals surface area contributed by atoms with Gasteiger partial charge in [0.05, 0.1) is 27.4 Å². The van der Waals surface area contributed by atoms with Crippen molar-refractivity contribution in [1.29, 1.82) is 0 Å². The van der Waals surface area contributed by atoms with Crippen LogP contribution in [0.15, 0.2) is 49.1 Å². The molecule has 1 aliphatic heterocycles. The highest BCUT2D eigenvalue weighted by molar-refractivity contribution is 6.04. The number of primary amides is 1. The van der Waals surface area contributed by atoms with Gasteiger partial charge in [0, 0.05) is 23.4 Å². The number of benzene rings is 2. The standard InChI is InChI=1S/C25H27N5O5.3CH4/c1-5-20(31)28-16-9-7-6-8-15(16)17-10-11-27-25-21(24(26)32)22(29-30(17)25)14-12-18(33-2)23(35-4)19(13-14)34-3;;;/h5-9,12-13,17,27H,1,10-11H2,2-4H3,(H2,26,32)(H,28,31);3*1H4. The highest BCUT2D eigenvalue weighted by Crippen LogP contribution is 2.44. The van der Waals surface area contributed by atoms with Gasteiger partial charge in [-0.15, -0.1) is 0 Å². The lowest BCUT2D eigenvalue weighted by Gasteiger charge is -2.28. The Balaban J connectivity index is 0.00000241. The summed E-state index contributed by atoms with van der Waals surface area (Å²) in [5.74, 6) is 0.823. The summed E-state index contributed by atoms with van der Waals surface area (Å²) in [5, 5.41) is 10.9. The third-order valence-electron chi connectivity index (χ3n) is 5.86. The van der Waals surface area contributed by atoms with Crippen molar-refractivity contribution in [2.75, 3.05) is 38.5 Å². The van der Waals surface area contributed by atoms with E-state index < -0.39 is 5.91 Å². The molecule has 0 bridgehead atoms. The van der Waals surface area contributed by atoms with Crippen molar-refractivity contribution in [3.05, 3.63) is 60.2 Å². The average Bonchev–Trinajstić information content (AvgIpc) is 3.28. The van der Waals surface area contributed by atoms with E-state index in [0.717, 1.165) is 5.56 Å². The summed E-state index contributed by atoms with van der Waals surface area (Å²) >= 11 is 0. The normalized spacial score (nSPS) is 13.2. The lowest BCUT2D eigenvalue weighted by molar-refractivity contribution is -0.111. The first-order valence-electron chi connectivity index (χ1n) is 10.9. The number of para-hydroxylation sites is 1. The number of nitrogens with zero attached hydrogens (tertiary/aromatic N) is 2. The number of ether oxygens (including phenoxy) is 3. The third kappa shape index (κ3) is 5.59. The molecule has 1 aromatic heterocycles. The summed E-state index contributed by atoms with van der Waals surface area (Å²) in [5.41, 5.74) is 8.51. The summed E-state index contributed by atoms with van der Waals surface area (Å²) in [6.07, 6.45) is 1.88. The van der Waals surface area contributed by atoms with Gasteiger partial charge in [0.15, 0.2) is 11.5 Å². The maximum absolute atomic E-state index is 12.6. The smallest absolute Gasteiger partial charge is 0.254 e. The quantitative estimate of drug-likeness (QED) is 0.348. The Morgan fingerprint density at radius 3 is 2.29 bits per heavy atom. The van der Waals surface area contributed by atoms with Gasteiger partial charge in [-0.05, 0) is 30.7 Å². The average molecular weight is 526 g/mol. The number of nitrogens with one attached hydrogen (secondary N) is 2. The molecule has 1 unspecified atom stereocenters. The molecular weight excluding hydrogens is 486 g/mol. The first kappa shape index (κ1) is 31.6. The second-order valence-corrected chi connectivity index (χ2v) is 7.81. The molecule has 0 aliphatic carbocycles. The van der Waals surface area contributed by atoms with Gasteiger partial charge in [0.25, 0.3) is 5.91 Å². The lowest BCUT2D eigenvalue weighted by Crippen LogP contribution is -2.27. The maximum atomic E-state index is 12.6. The molecule has 0 saturated heterocycles. The largest absolute Gasteiger partial charge is 0.493 e. The van der Waals surface area contributed by atoms with Crippen molar-refractivity contribution in [2.24, 2.45) is 5.73 Å². The van der Waals surface area contributed by atoms with Gasteiger partial charge in [0.1, 0.15) is 17.1 Å². The van der Waals surface area contributed by atoms with E-state index in [1.807, 2.05) is 24.3 Å². The molecule has 4 rings (SSSR count). The maximum Gasteiger partial charge on any atom is 0.254 e. The number of amides is 2. The van der Waals surface area contributed by atoms with Gasteiger partial charge < -0.3 is 30.6 Å². The zero-order valence-electron chi connectivity index (χ0n) is 19.8. The van der Waals surface area contributed by atoms with Crippen LogP contribution in [0.3, 0.4) is 0 Å². The topological polar surface area (TPSA) is 130 Å². The molecule has 38 heavy (non-hydrogen) atoms. The van der Waals surface area contributed by atoms with Crippen molar-refractivity contribution in [3.63, 3.8) is 0 Å². The Kier molecular flexibility index (Phi) is 10.9. The van der Waals surface area contributed by atoms with E-state index >= 15 is 0 Å². The van der Waals surface area contributed by atoms with Crippen LogP contribution in [-0.2, 0) is 4.79 Å². The molecular formula is C28H39N5O5. The van der Waals surface area contributed by atoms with Crippen LogP contribution in [0.4, 0.5) is 11.5 Å². The molecule has 1 aliphatic rings. The highest BCUT2D eigenvalue weighted by Gasteiger charge is 2.32. The minimum Gasteiger partial charge on any atom is -0.493 e. The molecule has 2 aromatic carbocycles. The zero-order valence-corrected chi connectivity index (χ0v) is 19.8. The van der Waals surface area contributed by atoms with E-state index in [9.17, 15) is 9.59 Å². The van der Waals surface area contributed by atoms with Crippen LogP contribution in [0.25, 0.3) is 11.3 Å². The second kappa shape index (κ2) is 13.2. The fraction of sp³-hybridized carbons (Fsp3) is 0.321. The number of rotatable bonds is 8. The van der Waals surface area contributed by atoms with Crippen molar-refractivity contribution in [3.8, 4) is 28.5 Å². The van der Waals surface area contributed by atoms with Crippen LogP contribution in [0, 0.1) is 0 Å². The van der Waals surface area contributed by atoms with Crippen LogP contribution in [0.2, 0.25) is 0 Å². The van der Waals surface area contributed by atoms with Gasteiger partial charge in [-0.1, -0.05) is 47.1 Å². The molecule has 0 radical (unpaired) electrons. The van der Waals surface area contributed by atoms with E-state index in [1.165, 1.54) is 27.4 Å². The molecule has 0 fully saturated rings. The Morgan fingerprint density at radius 1 is 1.11 bits per heavy atom. The van der Waals surface area contributed by atoms with Gasteiger partial charge in [-0.25, -0.2) is 4.68 Å². The first-order valence-corrected chi connectivity index (χ1v) is 10.9. The number of anilines is 2. The Morgan fingerprint density at radius 2 is 1.74 bits per heavy atom. The molecule has 1 atom stereocenters. The Labute approximate surface area is 224 Å². The number of carbonyl (C=O) groups excluding carboxylic acids is 2. The second-order valence-electron chi connectivity index (χ2n) is 7.81. The fourth-order valence-electron chi connectivity index (χ4n) is 4.30. The summed E-state index contributed by atoms with van der Waals surface area (Å²) in [6, 6.07) is 10.6. The van der Waals surface area contributed by atoms with Crippen molar-refractivity contribution < 1.29 is 23.8 Å². The van der Waals surface area contributed by atoms with Gasteiger partial charge >= 0.3 is 0 Å². The van der Waals surface area contributed by atoms with Crippen molar-refractivity contribution in [1.82, 2.24) is 9.78 Å². The molecule has 0 saturated carbocycles. The van der Waals surface area contributed by atoms with Crippen LogP contribution in [0.5, 0.6) is 17.2 Å². The van der Waals surface area contributed by atoms with Gasteiger partial charge in [-0.3, -0.25) is 9.59 Å². The summed E-state index contributed by atoms with van der Waals surface area (Å²) in [6.45, 7) is 4.10. The predicted molar refractivity (Wildman–Crippen MR) is 153 cm³/mol. The van der Waals surface area contributed by atoms with Gasteiger partial charge in [-0.2, -0.15) is 5.10 Å². The number of nitrogens with two attached hydrogens (primary N) is 1. The number of carbonyl (C=O) groups is 2. The van der Waals surface area contributed by atoms with Gasteiger partial charge in [0.2, 0.25) is 11.7 Å². The predicted octanol–water partition coefficient (Wildman–Crippen LogP) is 5.11. The minimum absolute atomic E-state index is 0. The third-order valence-corrected chi connectivity index (χ3v) is 5.86. The molecule has 2 heterocycles. The number of methoxy groups -OCH3 is 3. The summed E-state index contributed by atoms with van der Waals surface area (Å²) in [7, 11) is 4.54. The minimum atomic E-state index is -0.628. The molecule has 2 amide bonds. The number of fused-ring (bicyclic) bond motifs is 1. The monoisotopic (exact) mass is 525 g/mol. The fourth-order valence-corrected chi connectivity index (χ4v) is 4.30. The van der Waals surface area contributed by atoms with E-state index in [4.69, 9.17) is 25.0 Å². The van der Waals surface area contributed by atoms with Crippen molar-refractivity contribution in [2.45, 2.75) is 34.7 Å². The van der Waals surface area contributed by atoms with Crippen LogP contribution in [-0.4, -0.2) is 49.5 Å². The zero-order chi connectivity index (χ0) is 25.1. The van der Waals surface area contributed by atoms with E-state index in [2.05, 4.69) is 17.2 Å². The molecule has 206 valence electrons. The highest BCUT2D eigenvalue weighted by atomic mass is 16.5. The van der Waals surface area contributed by atoms with Crippen LogP contribution >= 0.6 is 0 Å². The number of aromatic nitrogens is 2.